The number of hydrogen-bond donors (Lipinski definition) is 2. The van der Waals surface area contributed by atoms with E-state index in [1.807, 2.05) is 0 Å². The van der Waals surface area contributed by atoms with Gasteiger partial charge in [0.05, 0.1) is 12.6 Å². The molecule has 1 aliphatic heterocycles. The minimum atomic E-state index is -1.04. The van der Waals surface area contributed by atoms with Crippen LogP contribution in [-0.4, -0.2) is 70.2 Å². The summed E-state index contributed by atoms with van der Waals surface area (Å²) >= 11 is 5.40. The fourth-order valence-corrected chi connectivity index (χ4v) is 1.74. The van der Waals surface area contributed by atoms with Crippen molar-refractivity contribution in [3.63, 3.8) is 0 Å². The van der Waals surface area contributed by atoms with Crippen LogP contribution in [-0.2, 0) is 4.79 Å². The number of amides is 2. The Morgan fingerprint density at radius 2 is 2.07 bits per heavy atom. The van der Waals surface area contributed by atoms with E-state index < -0.39 is 12.1 Å². The number of rotatable bonds is 2. The number of hydrogen-bond acceptors (Lipinski definition) is 3. The van der Waals surface area contributed by atoms with Crippen LogP contribution >= 0.6 is 11.6 Å². The zero-order valence-electron chi connectivity index (χ0n) is 8.10. The molecule has 1 heterocycles. The van der Waals surface area contributed by atoms with Gasteiger partial charge in [0.25, 0.3) is 0 Å². The van der Waals surface area contributed by atoms with Gasteiger partial charge in [-0.1, -0.05) is 0 Å². The van der Waals surface area contributed by atoms with Gasteiger partial charge in [-0.3, -0.25) is 4.79 Å². The summed E-state index contributed by atoms with van der Waals surface area (Å²) < 4.78 is 0. The lowest BCUT2D eigenvalue weighted by atomic mass is 10.2. The molecule has 0 aromatic carbocycles. The normalized spacial score (nSPS) is 21.6. The summed E-state index contributed by atoms with van der Waals surface area (Å²) in [5.74, 6) is -0.426. The fourth-order valence-electron chi connectivity index (χ4n) is 1.59. The maximum atomic E-state index is 11.3. The topological polar surface area (TPSA) is 81.1 Å². The van der Waals surface area contributed by atoms with Crippen molar-refractivity contribution in [3.8, 4) is 0 Å². The molecule has 0 radical (unpaired) electrons. The molecule has 0 spiro atoms. The van der Waals surface area contributed by atoms with Crippen molar-refractivity contribution < 1.29 is 19.8 Å². The molecular formula is C8H13ClN2O4. The molecule has 15 heavy (non-hydrogen) atoms. The Morgan fingerprint density at radius 3 is 2.53 bits per heavy atom. The average Bonchev–Trinajstić information content (AvgIpc) is 2.27. The fraction of sp³-hybridized carbons (Fsp3) is 0.750. The van der Waals surface area contributed by atoms with Crippen molar-refractivity contribution in [1.29, 1.82) is 0 Å². The number of nitrogens with zero attached hydrogens (tertiary/aromatic N) is 2. The summed E-state index contributed by atoms with van der Waals surface area (Å²) in [7, 11) is 0. The molecule has 2 N–H and O–H groups in total. The van der Waals surface area contributed by atoms with Crippen molar-refractivity contribution in [2.45, 2.75) is 6.04 Å². The van der Waals surface area contributed by atoms with Crippen LogP contribution in [0.25, 0.3) is 0 Å². The summed E-state index contributed by atoms with van der Waals surface area (Å²) in [5.41, 5.74) is 0. The van der Waals surface area contributed by atoms with Crippen molar-refractivity contribution in [2.75, 3.05) is 32.1 Å². The average molecular weight is 237 g/mol. The van der Waals surface area contributed by atoms with Crippen LogP contribution in [0.1, 0.15) is 0 Å². The molecule has 1 rings (SSSR count). The largest absolute Gasteiger partial charge is 0.465 e. The van der Waals surface area contributed by atoms with E-state index in [2.05, 4.69) is 0 Å². The Bertz CT molecular complexity index is 261. The smallest absolute Gasteiger partial charge is 0.407 e. The van der Waals surface area contributed by atoms with Crippen LogP contribution in [0.2, 0.25) is 0 Å². The molecule has 1 saturated heterocycles. The Morgan fingerprint density at radius 1 is 1.40 bits per heavy atom. The van der Waals surface area contributed by atoms with Crippen molar-refractivity contribution in [2.24, 2.45) is 0 Å². The summed E-state index contributed by atoms with van der Waals surface area (Å²) in [6.45, 7) is 0.415. The predicted octanol–water partition coefficient (Wildman–Crippen LogP) is -0.592. The maximum Gasteiger partial charge on any atom is 0.407 e. The van der Waals surface area contributed by atoms with Gasteiger partial charge in [-0.05, 0) is 0 Å². The lowest BCUT2D eigenvalue weighted by Crippen LogP contribution is -2.58. The third-order valence-electron chi connectivity index (χ3n) is 2.40. The SMILES string of the molecule is O=C(O)N1CCN(C(=O)CCl)[C@@H](CO)C1. The van der Waals surface area contributed by atoms with E-state index in [1.54, 1.807) is 0 Å². The van der Waals surface area contributed by atoms with Crippen LogP contribution in [0, 0.1) is 0 Å². The van der Waals surface area contributed by atoms with Gasteiger partial charge in [0.1, 0.15) is 5.88 Å². The van der Waals surface area contributed by atoms with E-state index in [4.69, 9.17) is 21.8 Å². The number of carboxylic acid groups (broad SMARTS) is 1. The highest BCUT2D eigenvalue weighted by molar-refractivity contribution is 6.27. The molecule has 0 bridgehead atoms. The first-order valence-electron chi connectivity index (χ1n) is 4.54. The van der Waals surface area contributed by atoms with Gasteiger partial charge in [-0.25, -0.2) is 4.79 Å². The van der Waals surface area contributed by atoms with Crippen LogP contribution in [0.4, 0.5) is 4.79 Å². The number of aliphatic hydroxyl groups excluding tert-OH is 1. The lowest BCUT2D eigenvalue weighted by Gasteiger charge is -2.39. The van der Waals surface area contributed by atoms with Gasteiger partial charge in [-0.15, -0.1) is 11.6 Å². The third kappa shape index (κ3) is 2.73. The molecule has 86 valence electrons. The quantitative estimate of drug-likeness (QED) is 0.628. The molecule has 0 aromatic rings. The zero-order valence-corrected chi connectivity index (χ0v) is 8.85. The van der Waals surface area contributed by atoms with Gasteiger partial charge >= 0.3 is 6.09 Å². The van der Waals surface area contributed by atoms with Gasteiger partial charge < -0.3 is 20.0 Å². The van der Waals surface area contributed by atoms with Gasteiger partial charge in [0.15, 0.2) is 0 Å². The molecule has 1 atom stereocenters. The number of aliphatic hydroxyl groups is 1. The van der Waals surface area contributed by atoms with E-state index >= 15 is 0 Å². The van der Waals surface area contributed by atoms with E-state index in [9.17, 15) is 9.59 Å². The van der Waals surface area contributed by atoms with E-state index in [0.717, 1.165) is 0 Å². The zero-order chi connectivity index (χ0) is 11.4. The van der Waals surface area contributed by atoms with Gasteiger partial charge in [0, 0.05) is 19.6 Å². The van der Waals surface area contributed by atoms with Crippen molar-refractivity contribution >= 4 is 23.6 Å². The Labute approximate surface area is 92.0 Å². The molecule has 0 aliphatic carbocycles. The Kier molecular flexibility index (Phi) is 4.16. The van der Waals surface area contributed by atoms with Crippen LogP contribution in [0.5, 0.6) is 0 Å². The summed E-state index contributed by atoms with van der Waals surface area (Å²) in [6, 6.07) is -0.485. The lowest BCUT2D eigenvalue weighted by molar-refractivity contribution is -0.134. The molecule has 2 amide bonds. The molecule has 0 saturated carbocycles. The Hall–Kier alpha value is -1.01. The molecule has 0 unspecified atom stereocenters. The second kappa shape index (κ2) is 5.18. The number of alkyl halides is 1. The van der Waals surface area contributed by atoms with E-state index in [1.165, 1.54) is 9.80 Å². The highest BCUT2D eigenvalue weighted by Gasteiger charge is 2.31. The van der Waals surface area contributed by atoms with E-state index in [0.29, 0.717) is 0 Å². The number of carbonyl (C=O) groups is 2. The first-order valence-corrected chi connectivity index (χ1v) is 5.07. The maximum absolute atomic E-state index is 11.3. The monoisotopic (exact) mass is 236 g/mol. The first kappa shape index (κ1) is 12.1. The predicted molar refractivity (Wildman–Crippen MR) is 52.9 cm³/mol. The highest BCUT2D eigenvalue weighted by Crippen LogP contribution is 2.10. The van der Waals surface area contributed by atoms with Gasteiger partial charge in [-0.2, -0.15) is 0 Å². The number of halogens is 1. The molecule has 0 aromatic heterocycles. The van der Waals surface area contributed by atoms with Crippen molar-refractivity contribution in [1.82, 2.24) is 9.80 Å². The second-order valence-corrected chi connectivity index (χ2v) is 3.55. The minimum Gasteiger partial charge on any atom is -0.465 e. The van der Waals surface area contributed by atoms with Gasteiger partial charge in [0.2, 0.25) is 5.91 Å². The van der Waals surface area contributed by atoms with E-state index in [-0.39, 0.29) is 38.0 Å². The Balaban J connectivity index is 2.64. The standard InChI is InChI=1S/C8H13ClN2O4/c9-3-7(13)11-2-1-10(8(14)15)4-6(11)5-12/h6,12H,1-5H2,(H,14,15)/t6-/m1/s1. The number of piperazine rings is 1. The minimum absolute atomic E-state index is 0.133. The molecule has 7 heteroatoms. The van der Waals surface area contributed by atoms with Crippen LogP contribution in [0.3, 0.4) is 0 Å². The molecule has 1 aliphatic rings. The van der Waals surface area contributed by atoms with Crippen LogP contribution < -0.4 is 0 Å². The first-order chi connectivity index (χ1) is 7.10. The molecule has 6 nitrogen and oxygen atoms in total. The molecular weight excluding hydrogens is 224 g/mol. The van der Waals surface area contributed by atoms with Crippen LogP contribution in [0.15, 0.2) is 0 Å². The summed E-state index contributed by atoms with van der Waals surface area (Å²) in [4.78, 5) is 24.6. The number of carbonyl (C=O) groups excluding carboxylic acids is 1. The molecule has 1 fully saturated rings. The van der Waals surface area contributed by atoms with Crippen molar-refractivity contribution in [3.05, 3.63) is 0 Å². The third-order valence-corrected chi connectivity index (χ3v) is 2.63. The highest BCUT2D eigenvalue weighted by atomic mass is 35.5. The second-order valence-electron chi connectivity index (χ2n) is 3.29. The summed E-state index contributed by atoms with van der Waals surface area (Å²) in [5, 5.41) is 17.8. The summed E-state index contributed by atoms with van der Waals surface area (Å²) in [6.07, 6.45) is -1.04.